The third-order valence-corrected chi connectivity index (χ3v) is 5.30. The van der Waals surface area contributed by atoms with Crippen molar-refractivity contribution in [1.29, 1.82) is 0 Å². The molecule has 0 fully saturated rings. The molecule has 0 aliphatic rings. The van der Waals surface area contributed by atoms with E-state index in [1.54, 1.807) is 24.4 Å². The van der Waals surface area contributed by atoms with Gasteiger partial charge in [-0.2, -0.15) is 5.10 Å². The summed E-state index contributed by atoms with van der Waals surface area (Å²) in [5.74, 6) is -0.706. The molecule has 0 atom stereocenters. The number of nitrogens with one attached hydrogen (secondary N) is 1. The minimum Gasteiger partial charge on any atom is -0.350 e. The molecule has 0 spiro atoms. The number of likely N-dealkylation sites (N-methyl/N-ethyl adjacent to an activating group) is 1. The van der Waals surface area contributed by atoms with E-state index in [1.807, 2.05) is 39.3 Å². The van der Waals surface area contributed by atoms with E-state index in [9.17, 15) is 14.0 Å². The molecule has 0 aliphatic carbocycles. The fourth-order valence-corrected chi connectivity index (χ4v) is 3.42. The molecule has 170 valence electrons. The molecule has 32 heavy (non-hydrogen) atoms. The Hall–Kier alpha value is -3.29. The van der Waals surface area contributed by atoms with Crippen molar-refractivity contribution in [3.8, 4) is 0 Å². The Balaban J connectivity index is 1.82. The van der Waals surface area contributed by atoms with Gasteiger partial charge in [0.2, 0.25) is 5.91 Å². The van der Waals surface area contributed by atoms with Gasteiger partial charge in [0.15, 0.2) is 5.65 Å². The van der Waals surface area contributed by atoms with Crippen molar-refractivity contribution in [2.75, 3.05) is 13.1 Å². The maximum Gasteiger partial charge on any atom is 0.255 e. The number of hydrogen-bond acceptors (Lipinski definition) is 4. The molecular weight excluding hydrogens is 409 g/mol. The lowest BCUT2D eigenvalue weighted by atomic mass is 10.0. The van der Waals surface area contributed by atoms with Crippen LogP contribution in [0, 0.1) is 5.82 Å². The van der Waals surface area contributed by atoms with Crippen molar-refractivity contribution in [2.45, 2.75) is 53.1 Å². The highest BCUT2D eigenvalue weighted by atomic mass is 19.1. The summed E-state index contributed by atoms with van der Waals surface area (Å²) in [6.45, 7) is 10.5. The predicted molar refractivity (Wildman–Crippen MR) is 122 cm³/mol. The van der Waals surface area contributed by atoms with Gasteiger partial charge in [-0.3, -0.25) is 9.59 Å². The van der Waals surface area contributed by atoms with E-state index in [2.05, 4.69) is 10.4 Å². The van der Waals surface area contributed by atoms with Gasteiger partial charge in [0.25, 0.3) is 5.91 Å². The van der Waals surface area contributed by atoms with Crippen molar-refractivity contribution in [2.24, 2.45) is 0 Å². The largest absolute Gasteiger partial charge is 0.350 e. The van der Waals surface area contributed by atoms with Crippen molar-refractivity contribution >= 4 is 22.8 Å². The number of carbonyl (C=O) groups excluding carboxylic acids is 2. The number of amides is 2. The highest BCUT2D eigenvalue weighted by molar-refractivity contribution is 6.06. The maximum absolute atomic E-state index is 13.4. The zero-order chi connectivity index (χ0) is 23.4. The predicted octanol–water partition coefficient (Wildman–Crippen LogP) is 4.05. The first-order chi connectivity index (χ1) is 15.2. The van der Waals surface area contributed by atoms with Crippen molar-refractivity contribution in [3.63, 3.8) is 0 Å². The Kier molecular flexibility index (Phi) is 7.22. The Labute approximate surface area is 187 Å². The number of pyridine rings is 1. The summed E-state index contributed by atoms with van der Waals surface area (Å²) >= 11 is 0. The third kappa shape index (κ3) is 5.12. The van der Waals surface area contributed by atoms with Crippen molar-refractivity contribution < 1.29 is 14.0 Å². The molecule has 0 radical (unpaired) electrons. The van der Waals surface area contributed by atoms with Crippen LogP contribution < -0.4 is 5.32 Å². The van der Waals surface area contributed by atoms with Crippen LogP contribution >= 0.6 is 0 Å². The molecule has 2 heterocycles. The number of aromatic nitrogens is 3. The maximum atomic E-state index is 13.4. The summed E-state index contributed by atoms with van der Waals surface area (Å²) in [6, 6.07) is 7.84. The third-order valence-electron chi connectivity index (χ3n) is 5.30. The number of halogens is 1. The van der Waals surface area contributed by atoms with Gasteiger partial charge >= 0.3 is 0 Å². The fourth-order valence-electron chi connectivity index (χ4n) is 3.42. The number of hydrogen-bond donors (Lipinski definition) is 1. The molecule has 7 nitrogen and oxygen atoms in total. The van der Waals surface area contributed by atoms with Gasteiger partial charge in [-0.05, 0) is 50.5 Å². The van der Waals surface area contributed by atoms with Gasteiger partial charge in [-0.15, -0.1) is 0 Å². The van der Waals surface area contributed by atoms with Gasteiger partial charge in [0, 0.05) is 24.8 Å². The number of nitrogens with zero attached hydrogens (tertiary/aromatic N) is 4. The second-order valence-electron chi connectivity index (χ2n) is 8.39. The van der Waals surface area contributed by atoms with Crippen LogP contribution in [0.25, 0.3) is 11.0 Å². The molecule has 3 rings (SSSR count). The number of carbonyl (C=O) groups is 2. The number of benzene rings is 1. The second-order valence-corrected chi connectivity index (χ2v) is 8.39. The SMILES string of the molecule is CCN(CC(=O)NCc1ccc(F)cc1)C(=O)c1cc(C(C)C)nc2c1cnn2C(C)C. The van der Waals surface area contributed by atoms with Crippen LogP contribution in [0.3, 0.4) is 0 Å². The summed E-state index contributed by atoms with van der Waals surface area (Å²) in [4.78, 5) is 32.2. The Morgan fingerprint density at radius 2 is 1.84 bits per heavy atom. The molecule has 2 amide bonds. The molecule has 0 saturated carbocycles. The number of fused-ring (bicyclic) bond motifs is 1. The Morgan fingerprint density at radius 1 is 1.16 bits per heavy atom. The standard InChI is InChI=1S/C24H30FN5O2/c1-6-29(14-22(31)26-12-17-7-9-18(25)10-8-17)24(32)19-11-21(15(2)3)28-23-20(19)13-27-30(23)16(4)5/h7-11,13,15-16H,6,12,14H2,1-5H3,(H,26,31). The zero-order valence-electron chi connectivity index (χ0n) is 19.2. The quantitative estimate of drug-likeness (QED) is 0.574. The first kappa shape index (κ1) is 23.4. The average molecular weight is 440 g/mol. The van der Waals surface area contributed by atoms with Crippen LogP contribution in [-0.2, 0) is 11.3 Å². The smallest absolute Gasteiger partial charge is 0.255 e. The lowest BCUT2D eigenvalue weighted by Crippen LogP contribution is -2.40. The van der Waals surface area contributed by atoms with Gasteiger partial charge in [0.1, 0.15) is 5.82 Å². The van der Waals surface area contributed by atoms with E-state index in [0.717, 1.165) is 11.3 Å². The van der Waals surface area contributed by atoms with Crippen LogP contribution in [0.2, 0.25) is 0 Å². The van der Waals surface area contributed by atoms with E-state index >= 15 is 0 Å². The minimum atomic E-state index is -0.326. The van der Waals surface area contributed by atoms with E-state index in [0.29, 0.717) is 23.1 Å². The molecular formula is C24H30FN5O2. The highest BCUT2D eigenvalue weighted by Gasteiger charge is 2.23. The monoisotopic (exact) mass is 439 g/mol. The van der Waals surface area contributed by atoms with Crippen LogP contribution in [0.15, 0.2) is 36.5 Å². The van der Waals surface area contributed by atoms with E-state index in [1.165, 1.54) is 17.0 Å². The van der Waals surface area contributed by atoms with Crippen molar-refractivity contribution in [3.05, 3.63) is 59.2 Å². The summed E-state index contributed by atoms with van der Waals surface area (Å²) in [6.07, 6.45) is 1.67. The van der Waals surface area contributed by atoms with E-state index in [-0.39, 0.29) is 42.7 Å². The topological polar surface area (TPSA) is 80.1 Å². The molecule has 0 saturated heterocycles. The molecule has 1 N–H and O–H groups in total. The molecule has 0 bridgehead atoms. The lowest BCUT2D eigenvalue weighted by Gasteiger charge is -2.21. The number of rotatable bonds is 8. The van der Waals surface area contributed by atoms with E-state index in [4.69, 9.17) is 4.98 Å². The lowest BCUT2D eigenvalue weighted by molar-refractivity contribution is -0.121. The van der Waals surface area contributed by atoms with Gasteiger partial charge < -0.3 is 10.2 Å². The van der Waals surface area contributed by atoms with Gasteiger partial charge in [-0.25, -0.2) is 14.1 Å². The van der Waals surface area contributed by atoms with Crippen LogP contribution in [0.5, 0.6) is 0 Å². The zero-order valence-corrected chi connectivity index (χ0v) is 19.2. The van der Waals surface area contributed by atoms with E-state index < -0.39 is 0 Å². The van der Waals surface area contributed by atoms with Crippen LogP contribution in [-0.4, -0.2) is 44.6 Å². The first-order valence-electron chi connectivity index (χ1n) is 10.9. The molecule has 1 aromatic carbocycles. The average Bonchev–Trinajstić information content (AvgIpc) is 3.20. The first-order valence-corrected chi connectivity index (χ1v) is 10.9. The van der Waals surface area contributed by atoms with Gasteiger partial charge in [0.05, 0.1) is 23.7 Å². The minimum absolute atomic E-state index is 0.0737. The summed E-state index contributed by atoms with van der Waals surface area (Å²) in [5.41, 5.74) is 2.76. The Morgan fingerprint density at radius 3 is 2.44 bits per heavy atom. The second kappa shape index (κ2) is 9.89. The van der Waals surface area contributed by atoms with Crippen molar-refractivity contribution in [1.82, 2.24) is 25.0 Å². The van der Waals surface area contributed by atoms with Crippen LogP contribution in [0.4, 0.5) is 4.39 Å². The molecule has 8 heteroatoms. The normalized spacial score (nSPS) is 11.4. The molecule has 3 aromatic rings. The fraction of sp³-hybridized carbons (Fsp3) is 0.417. The molecule has 0 aliphatic heterocycles. The molecule has 0 unspecified atom stereocenters. The highest BCUT2D eigenvalue weighted by Crippen LogP contribution is 2.25. The molecule has 2 aromatic heterocycles. The van der Waals surface area contributed by atoms with Crippen LogP contribution in [0.1, 0.15) is 68.2 Å². The summed E-state index contributed by atoms with van der Waals surface area (Å²) in [5, 5.41) is 7.90. The summed E-state index contributed by atoms with van der Waals surface area (Å²) < 4.78 is 14.9. The Bertz CT molecular complexity index is 1110. The van der Waals surface area contributed by atoms with Gasteiger partial charge in [-0.1, -0.05) is 26.0 Å². The summed E-state index contributed by atoms with van der Waals surface area (Å²) in [7, 11) is 0.